The Morgan fingerprint density at radius 2 is 1.78 bits per heavy atom. The Hall–Kier alpha value is -2.82. The van der Waals surface area contributed by atoms with Gasteiger partial charge in [-0.15, -0.1) is 0 Å². The van der Waals surface area contributed by atoms with Crippen LogP contribution in [0.5, 0.6) is 5.75 Å². The number of benzene rings is 2. The van der Waals surface area contributed by atoms with Crippen LogP contribution < -0.4 is 10.1 Å². The van der Waals surface area contributed by atoms with Crippen LogP contribution in [0.3, 0.4) is 0 Å². The number of aryl methyl sites for hydroxylation is 2. The van der Waals surface area contributed by atoms with Gasteiger partial charge >= 0.3 is 5.97 Å². The minimum Gasteiger partial charge on any atom is -0.493 e. The molecule has 0 heterocycles. The standard InChI is InChI=1S/C22H27NO4/c1-5-17-8-6-7-16(4)21(17)23-20(24)14-27-22(25)18-9-11-19(12-10-18)26-13-15(2)3/h6-12,15H,5,13-14H2,1-4H3,(H,23,24). The van der Waals surface area contributed by atoms with Gasteiger partial charge in [-0.2, -0.15) is 0 Å². The number of anilines is 1. The van der Waals surface area contributed by atoms with Crippen LogP contribution >= 0.6 is 0 Å². The van der Waals surface area contributed by atoms with Crippen LogP contribution in [-0.4, -0.2) is 25.1 Å². The molecular weight excluding hydrogens is 342 g/mol. The molecule has 2 aromatic rings. The van der Waals surface area contributed by atoms with E-state index in [1.165, 1.54) is 0 Å². The van der Waals surface area contributed by atoms with E-state index in [0.29, 0.717) is 23.8 Å². The van der Waals surface area contributed by atoms with Crippen molar-refractivity contribution in [3.63, 3.8) is 0 Å². The van der Waals surface area contributed by atoms with Crippen LogP contribution in [0.1, 0.15) is 42.3 Å². The Kier molecular flexibility index (Phi) is 7.41. The average molecular weight is 369 g/mol. The van der Waals surface area contributed by atoms with E-state index < -0.39 is 5.97 Å². The summed E-state index contributed by atoms with van der Waals surface area (Å²) in [5, 5.41) is 2.84. The number of rotatable bonds is 8. The molecule has 0 aliphatic carbocycles. The van der Waals surface area contributed by atoms with Crippen molar-refractivity contribution >= 4 is 17.6 Å². The molecule has 1 amide bonds. The van der Waals surface area contributed by atoms with E-state index in [1.54, 1.807) is 24.3 Å². The number of amides is 1. The first-order valence-electron chi connectivity index (χ1n) is 9.19. The van der Waals surface area contributed by atoms with E-state index in [0.717, 1.165) is 23.2 Å². The van der Waals surface area contributed by atoms with Crippen LogP contribution in [0, 0.1) is 12.8 Å². The van der Waals surface area contributed by atoms with Gasteiger partial charge in [-0.25, -0.2) is 4.79 Å². The second kappa shape index (κ2) is 9.76. The van der Waals surface area contributed by atoms with Gasteiger partial charge in [0.15, 0.2) is 6.61 Å². The molecule has 0 spiro atoms. The molecule has 0 aromatic heterocycles. The predicted molar refractivity (Wildman–Crippen MR) is 106 cm³/mol. The first kappa shape index (κ1) is 20.5. The highest BCUT2D eigenvalue weighted by Gasteiger charge is 2.13. The lowest BCUT2D eigenvalue weighted by molar-refractivity contribution is -0.119. The summed E-state index contributed by atoms with van der Waals surface area (Å²) in [7, 11) is 0. The summed E-state index contributed by atoms with van der Waals surface area (Å²) in [6, 6.07) is 12.6. The minimum atomic E-state index is -0.541. The number of ether oxygens (including phenoxy) is 2. The monoisotopic (exact) mass is 369 g/mol. The number of carbonyl (C=O) groups is 2. The van der Waals surface area contributed by atoms with Crippen LogP contribution in [0.2, 0.25) is 0 Å². The first-order valence-corrected chi connectivity index (χ1v) is 9.19. The minimum absolute atomic E-state index is 0.331. The van der Waals surface area contributed by atoms with Crippen molar-refractivity contribution in [3.8, 4) is 5.75 Å². The highest BCUT2D eigenvalue weighted by Crippen LogP contribution is 2.21. The largest absolute Gasteiger partial charge is 0.493 e. The molecule has 0 atom stereocenters. The fraction of sp³-hybridized carbons (Fsp3) is 0.364. The fourth-order valence-electron chi connectivity index (χ4n) is 2.54. The second-order valence-corrected chi connectivity index (χ2v) is 6.82. The van der Waals surface area contributed by atoms with Crippen molar-refractivity contribution in [2.45, 2.75) is 34.1 Å². The maximum Gasteiger partial charge on any atom is 0.338 e. The highest BCUT2D eigenvalue weighted by molar-refractivity contribution is 5.96. The van der Waals surface area contributed by atoms with Crippen LogP contribution in [0.4, 0.5) is 5.69 Å². The Bertz CT molecular complexity index is 781. The summed E-state index contributed by atoms with van der Waals surface area (Å²) in [5.74, 6) is 0.226. The Labute approximate surface area is 160 Å². The van der Waals surface area contributed by atoms with Gasteiger partial charge < -0.3 is 14.8 Å². The smallest absolute Gasteiger partial charge is 0.338 e. The fourth-order valence-corrected chi connectivity index (χ4v) is 2.54. The van der Waals surface area contributed by atoms with Gasteiger partial charge in [-0.05, 0) is 54.7 Å². The maximum absolute atomic E-state index is 12.2. The van der Waals surface area contributed by atoms with Crippen LogP contribution in [-0.2, 0) is 16.0 Å². The Morgan fingerprint density at radius 3 is 2.41 bits per heavy atom. The molecule has 1 N–H and O–H groups in total. The van der Waals surface area contributed by atoms with E-state index in [2.05, 4.69) is 19.2 Å². The zero-order chi connectivity index (χ0) is 19.8. The van der Waals surface area contributed by atoms with E-state index >= 15 is 0 Å². The quantitative estimate of drug-likeness (QED) is 0.701. The molecule has 0 unspecified atom stereocenters. The van der Waals surface area contributed by atoms with Gasteiger partial charge in [0.25, 0.3) is 5.91 Å². The van der Waals surface area contributed by atoms with Crippen molar-refractivity contribution in [1.82, 2.24) is 0 Å². The van der Waals surface area contributed by atoms with Crippen molar-refractivity contribution in [2.75, 3.05) is 18.5 Å². The third kappa shape index (κ3) is 6.13. The number of hydrogen-bond acceptors (Lipinski definition) is 4. The number of hydrogen-bond donors (Lipinski definition) is 1. The third-order valence-electron chi connectivity index (χ3n) is 4.01. The average Bonchev–Trinajstić information content (AvgIpc) is 2.66. The number of carbonyl (C=O) groups excluding carboxylic acids is 2. The molecule has 0 aliphatic heterocycles. The zero-order valence-electron chi connectivity index (χ0n) is 16.4. The van der Waals surface area contributed by atoms with Crippen molar-refractivity contribution < 1.29 is 19.1 Å². The first-order chi connectivity index (χ1) is 12.9. The summed E-state index contributed by atoms with van der Waals surface area (Å²) >= 11 is 0. The molecule has 0 saturated heterocycles. The normalized spacial score (nSPS) is 10.6. The second-order valence-electron chi connectivity index (χ2n) is 6.82. The van der Waals surface area contributed by atoms with E-state index in [4.69, 9.17) is 9.47 Å². The maximum atomic E-state index is 12.2. The van der Waals surface area contributed by atoms with Gasteiger partial charge in [0.05, 0.1) is 12.2 Å². The SMILES string of the molecule is CCc1cccc(C)c1NC(=O)COC(=O)c1ccc(OCC(C)C)cc1. The summed E-state index contributed by atoms with van der Waals surface area (Å²) < 4.78 is 10.7. The van der Waals surface area contributed by atoms with Crippen molar-refractivity contribution in [1.29, 1.82) is 0 Å². The zero-order valence-corrected chi connectivity index (χ0v) is 16.4. The van der Waals surface area contributed by atoms with Crippen LogP contribution in [0.25, 0.3) is 0 Å². The van der Waals surface area contributed by atoms with Crippen LogP contribution in [0.15, 0.2) is 42.5 Å². The molecule has 0 radical (unpaired) electrons. The molecule has 2 rings (SSSR count). The summed E-state index contributed by atoms with van der Waals surface area (Å²) in [5.41, 5.74) is 3.19. The lowest BCUT2D eigenvalue weighted by Gasteiger charge is -2.13. The summed E-state index contributed by atoms with van der Waals surface area (Å²) in [6.07, 6.45) is 0.808. The highest BCUT2D eigenvalue weighted by atomic mass is 16.5. The molecule has 0 saturated carbocycles. The van der Waals surface area contributed by atoms with E-state index in [1.807, 2.05) is 32.0 Å². The third-order valence-corrected chi connectivity index (χ3v) is 4.01. The number of para-hydroxylation sites is 1. The van der Waals surface area contributed by atoms with E-state index in [-0.39, 0.29) is 12.5 Å². The van der Waals surface area contributed by atoms with Gasteiger partial charge in [0.1, 0.15) is 5.75 Å². The molecule has 2 aromatic carbocycles. The lowest BCUT2D eigenvalue weighted by Crippen LogP contribution is -2.22. The molecule has 0 bridgehead atoms. The van der Waals surface area contributed by atoms with E-state index in [9.17, 15) is 9.59 Å². The molecule has 0 fully saturated rings. The Balaban J connectivity index is 1.89. The lowest BCUT2D eigenvalue weighted by atomic mass is 10.1. The molecule has 144 valence electrons. The van der Waals surface area contributed by atoms with Gasteiger partial charge in [-0.3, -0.25) is 4.79 Å². The molecular formula is C22H27NO4. The molecule has 27 heavy (non-hydrogen) atoms. The molecule has 5 heteroatoms. The van der Waals surface area contributed by atoms with Crippen molar-refractivity contribution in [2.24, 2.45) is 5.92 Å². The number of esters is 1. The topological polar surface area (TPSA) is 64.6 Å². The number of nitrogens with one attached hydrogen (secondary N) is 1. The Morgan fingerprint density at radius 1 is 1.07 bits per heavy atom. The van der Waals surface area contributed by atoms with Gasteiger partial charge in [-0.1, -0.05) is 39.0 Å². The van der Waals surface area contributed by atoms with Crippen molar-refractivity contribution in [3.05, 3.63) is 59.2 Å². The summed E-state index contributed by atoms with van der Waals surface area (Å²) in [6.45, 7) is 8.38. The molecule has 5 nitrogen and oxygen atoms in total. The molecule has 0 aliphatic rings. The summed E-state index contributed by atoms with van der Waals surface area (Å²) in [4.78, 5) is 24.3. The predicted octanol–water partition coefficient (Wildman–Crippen LogP) is 4.39. The van der Waals surface area contributed by atoms with Gasteiger partial charge in [0, 0.05) is 5.69 Å². The van der Waals surface area contributed by atoms with Gasteiger partial charge in [0.2, 0.25) is 0 Å².